The van der Waals surface area contributed by atoms with Gasteiger partial charge >= 0.3 is 48.2 Å². The van der Waals surface area contributed by atoms with Gasteiger partial charge in [0.2, 0.25) is 0 Å². The molecule has 18 heteroatoms. The molecule has 0 saturated carbocycles. The van der Waals surface area contributed by atoms with Gasteiger partial charge in [0.1, 0.15) is 0 Å². The lowest BCUT2D eigenvalue weighted by Crippen LogP contribution is -2.84. The number of hydrogen-bond donors (Lipinski definition) is 0. The maximum atomic E-state index is 13.5. The van der Waals surface area contributed by atoms with E-state index >= 15 is 0 Å². The van der Waals surface area contributed by atoms with Gasteiger partial charge in [-0.1, -0.05) is 0 Å². The summed E-state index contributed by atoms with van der Waals surface area (Å²) < 4.78 is 194. The smallest absolute Gasteiger partial charge is 0.282 e. The highest BCUT2D eigenvalue weighted by Crippen LogP contribution is 2.64. The van der Waals surface area contributed by atoms with E-state index in [1.807, 2.05) is 0 Å². The van der Waals surface area contributed by atoms with Gasteiger partial charge in [-0.25, -0.2) is 0 Å². The Morgan fingerprint density at radius 1 is 0.692 bits per heavy atom. The van der Waals surface area contributed by atoms with E-state index in [2.05, 4.69) is 0 Å². The van der Waals surface area contributed by atoms with E-state index < -0.39 is 53.1 Å². The van der Waals surface area contributed by atoms with Crippen molar-refractivity contribution in [2.24, 2.45) is 0 Å². The molecule has 0 amide bonds. The molecule has 0 bridgehead atoms. The first-order valence-corrected chi connectivity index (χ1v) is 5.37. The van der Waals surface area contributed by atoms with E-state index in [9.17, 15) is 70.7 Å². The molecule has 26 heavy (non-hydrogen) atoms. The second kappa shape index (κ2) is 5.29. The normalized spacial score (nSPS) is 33.2. The minimum atomic E-state index is -7.62. The van der Waals surface area contributed by atoms with Gasteiger partial charge in [-0.15, -0.1) is 4.90 Å². The lowest BCUT2D eigenvalue weighted by Gasteiger charge is -2.53. The van der Waals surface area contributed by atoms with Gasteiger partial charge in [0.05, 0.1) is 0 Å². The Hall–Kier alpha value is -1.46. The molecule has 0 aromatic carbocycles. The van der Waals surface area contributed by atoms with Crippen LogP contribution in [-0.4, -0.2) is 53.1 Å². The molecule has 1 rings (SSSR count). The monoisotopic (exact) mass is 427 g/mol. The van der Waals surface area contributed by atoms with E-state index in [0.29, 0.717) is 0 Å². The van der Waals surface area contributed by atoms with Crippen LogP contribution in [0.2, 0.25) is 0 Å². The highest BCUT2D eigenvalue weighted by molar-refractivity contribution is 5.76. The maximum absolute atomic E-state index is 13.5. The average Bonchev–Trinajstić information content (AvgIpc) is 2.32. The first-order valence-electron chi connectivity index (χ1n) is 5.37. The van der Waals surface area contributed by atoms with E-state index in [4.69, 9.17) is 0 Å². The van der Waals surface area contributed by atoms with Crippen LogP contribution in [-0.2, 0) is 9.53 Å². The van der Waals surface area contributed by atoms with E-state index in [1.54, 1.807) is 4.74 Å². The van der Waals surface area contributed by atoms with Crippen LogP contribution in [0.15, 0.2) is 0 Å². The molecule has 0 aromatic heterocycles. The quantitative estimate of drug-likeness (QED) is 0.379. The number of alkyl halides is 14. The summed E-state index contributed by atoms with van der Waals surface area (Å²) in [6.07, 6.45) is -15.1. The predicted octanol–water partition coefficient (Wildman–Crippen LogP) is 4.05. The fourth-order valence-electron chi connectivity index (χ4n) is 1.68. The Morgan fingerprint density at radius 2 is 0.962 bits per heavy atom. The number of nitrogens with zero attached hydrogens (tertiary/aromatic N) is 1. The first kappa shape index (κ1) is 22.6. The summed E-state index contributed by atoms with van der Waals surface area (Å²) in [5.41, 5.74) is 0. The summed E-state index contributed by atoms with van der Waals surface area (Å²) in [7, 11) is 0. The molecule has 1 aliphatic heterocycles. The van der Waals surface area contributed by atoms with Crippen LogP contribution < -0.4 is 0 Å². The number of carbonyl (C=O) groups excluding carboxylic acids is 1. The van der Waals surface area contributed by atoms with E-state index in [-0.39, 0.29) is 0 Å². The molecule has 0 radical (unpaired) electrons. The number of halogens is 15. The Bertz CT molecular complexity index is 557. The second-order valence-electron chi connectivity index (χ2n) is 4.52. The van der Waals surface area contributed by atoms with Crippen molar-refractivity contribution in [1.82, 2.24) is 4.90 Å². The Morgan fingerprint density at radius 3 is 1.15 bits per heavy atom. The number of carbonyl (C=O) groups is 1. The van der Waals surface area contributed by atoms with E-state index in [0.717, 1.165) is 0 Å². The molecule has 1 saturated heterocycles. The number of morpholine rings is 1. The van der Waals surface area contributed by atoms with Gasteiger partial charge in [-0.3, -0.25) is 9.53 Å². The average molecular weight is 427 g/mol. The lowest BCUT2D eigenvalue weighted by atomic mass is 10.0. The topological polar surface area (TPSA) is 29.5 Å². The highest BCUT2D eigenvalue weighted by atomic mass is 19.4. The summed E-state index contributed by atoms with van der Waals surface area (Å²) in [4.78, 5) is 5.78. The molecule has 0 N–H and O–H groups in total. The van der Waals surface area contributed by atoms with Crippen molar-refractivity contribution in [3.8, 4) is 0 Å². The second-order valence-corrected chi connectivity index (χ2v) is 4.52. The van der Waals surface area contributed by atoms with Crippen LogP contribution in [0.5, 0.6) is 0 Å². The molecule has 0 aromatic rings. The highest BCUT2D eigenvalue weighted by Gasteiger charge is 2.95. The van der Waals surface area contributed by atoms with Gasteiger partial charge in [-0.2, -0.15) is 65.9 Å². The standard InChI is InChI=1S/C8F15NO2/c9-1(25)2(10,11)24-7(20,21)3(12,5(14,15)16)26-4(13,6(17,18)19)8(24,22)23. The third-order valence-corrected chi connectivity index (χ3v) is 2.86. The molecule has 154 valence electrons. The fraction of sp³-hybridized carbons (Fsp3) is 0.875. The zero-order valence-corrected chi connectivity index (χ0v) is 10.9. The van der Waals surface area contributed by atoms with Gasteiger partial charge < -0.3 is 0 Å². The molecule has 3 nitrogen and oxygen atoms in total. The summed E-state index contributed by atoms with van der Waals surface area (Å²) >= 11 is 0. The van der Waals surface area contributed by atoms with Gasteiger partial charge in [0.15, 0.2) is 0 Å². The number of hydrogen-bond acceptors (Lipinski definition) is 3. The molecule has 0 spiro atoms. The van der Waals surface area contributed by atoms with Crippen molar-refractivity contribution in [2.75, 3.05) is 0 Å². The molecule has 2 unspecified atom stereocenters. The zero-order valence-electron chi connectivity index (χ0n) is 10.9. The molecule has 2 atom stereocenters. The minimum absolute atomic E-state index is 1.63. The molecule has 1 heterocycles. The van der Waals surface area contributed by atoms with Crippen LogP contribution in [0.4, 0.5) is 65.9 Å². The minimum Gasteiger partial charge on any atom is -0.282 e. The van der Waals surface area contributed by atoms with Crippen LogP contribution >= 0.6 is 0 Å². The third-order valence-electron chi connectivity index (χ3n) is 2.86. The number of ether oxygens (including phenoxy) is 1. The number of rotatable bonds is 2. The van der Waals surface area contributed by atoms with Crippen molar-refractivity contribution in [3.63, 3.8) is 0 Å². The molecular formula is C8F15NO2. The summed E-state index contributed by atoms with van der Waals surface area (Å²) in [6, 6.07) is -27.2. The van der Waals surface area contributed by atoms with Crippen LogP contribution in [0, 0.1) is 0 Å². The van der Waals surface area contributed by atoms with Gasteiger partial charge in [-0.05, 0) is 0 Å². The van der Waals surface area contributed by atoms with Crippen LogP contribution in [0.3, 0.4) is 0 Å². The van der Waals surface area contributed by atoms with Crippen molar-refractivity contribution in [1.29, 1.82) is 0 Å². The van der Waals surface area contributed by atoms with Crippen molar-refractivity contribution >= 4 is 6.04 Å². The Kier molecular flexibility index (Phi) is 4.60. The summed E-state index contributed by atoms with van der Waals surface area (Å²) in [5, 5.41) is 0. The SMILES string of the molecule is O=C(F)C(F)(F)N1C(F)(F)C(F)(C(F)(F)F)OC(F)(C(F)(F)F)C1(F)F. The molecule has 1 fully saturated rings. The largest absolute Gasteiger partial charge is 0.456 e. The summed E-state index contributed by atoms with van der Waals surface area (Å²) in [5.74, 6) is -15.0. The van der Waals surface area contributed by atoms with Crippen molar-refractivity contribution < 1.29 is 75.4 Å². The maximum Gasteiger partial charge on any atom is 0.456 e. The van der Waals surface area contributed by atoms with Crippen molar-refractivity contribution in [2.45, 2.75) is 42.2 Å². The predicted molar refractivity (Wildman–Crippen MR) is 43.7 cm³/mol. The van der Waals surface area contributed by atoms with Gasteiger partial charge in [0, 0.05) is 0 Å². The van der Waals surface area contributed by atoms with Crippen molar-refractivity contribution in [3.05, 3.63) is 0 Å². The molecular weight excluding hydrogens is 427 g/mol. The van der Waals surface area contributed by atoms with E-state index in [1.165, 1.54) is 0 Å². The van der Waals surface area contributed by atoms with Crippen LogP contribution in [0.1, 0.15) is 0 Å². The molecule has 0 aliphatic carbocycles. The fourth-order valence-corrected chi connectivity index (χ4v) is 1.68. The third kappa shape index (κ3) is 2.51. The summed E-state index contributed by atoms with van der Waals surface area (Å²) in [6.45, 7) is 0. The zero-order chi connectivity index (χ0) is 21.4. The molecule has 1 aliphatic rings. The Labute approximate surface area is 130 Å². The Balaban J connectivity index is 3.99. The van der Waals surface area contributed by atoms with Crippen LogP contribution in [0.25, 0.3) is 0 Å². The van der Waals surface area contributed by atoms with Gasteiger partial charge in [0.25, 0.3) is 0 Å². The lowest BCUT2D eigenvalue weighted by molar-refractivity contribution is -0.592. The first-order chi connectivity index (χ1) is 11.0.